The number of phenols is 1. The average molecular weight is 446 g/mol. The van der Waals surface area contributed by atoms with Crippen LogP contribution in [0.15, 0.2) is 71.7 Å². The van der Waals surface area contributed by atoms with Crippen molar-refractivity contribution >= 4 is 10.9 Å². The first-order valence-corrected chi connectivity index (χ1v) is 10.4. The van der Waals surface area contributed by atoms with Crippen LogP contribution in [0.5, 0.6) is 5.75 Å². The maximum atomic E-state index is 14.0. The maximum absolute atomic E-state index is 14.0. The zero-order chi connectivity index (χ0) is 23.1. The fraction of sp³-hybridized carbons (Fsp3) is 0.120. The number of aromatic amines is 1. The third kappa shape index (κ3) is 3.69. The molecule has 0 fully saturated rings. The maximum Gasteiger partial charge on any atom is 0.348 e. The summed E-state index contributed by atoms with van der Waals surface area (Å²) < 4.78 is 31.3. The van der Waals surface area contributed by atoms with Crippen LogP contribution in [-0.2, 0) is 19.9 Å². The van der Waals surface area contributed by atoms with Crippen LogP contribution in [0, 0.1) is 11.6 Å². The van der Waals surface area contributed by atoms with Crippen LogP contribution in [0.1, 0.15) is 11.1 Å². The molecule has 0 radical (unpaired) electrons. The molecule has 5 rings (SSSR count). The van der Waals surface area contributed by atoms with Gasteiger partial charge in [-0.2, -0.15) is 5.10 Å². The first-order chi connectivity index (χ1) is 15.9. The molecule has 6 nitrogen and oxygen atoms in total. The Morgan fingerprint density at radius 2 is 1.79 bits per heavy atom. The molecule has 0 aliphatic heterocycles. The number of nitrogens with zero attached hydrogens (tertiary/aromatic N) is 3. The molecule has 0 atom stereocenters. The molecule has 2 aromatic heterocycles. The van der Waals surface area contributed by atoms with Crippen LogP contribution in [0.25, 0.3) is 28.0 Å². The minimum Gasteiger partial charge on any atom is -0.507 e. The highest BCUT2D eigenvalue weighted by atomic mass is 19.1. The van der Waals surface area contributed by atoms with Crippen molar-refractivity contribution < 1.29 is 13.9 Å². The summed E-state index contributed by atoms with van der Waals surface area (Å²) in [7, 11) is 1.94. The van der Waals surface area contributed by atoms with E-state index in [1.807, 2.05) is 42.1 Å². The molecule has 5 aromatic rings. The predicted octanol–water partition coefficient (Wildman–Crippen LogP) is 4.49. The van der Waals surface area contributed by atoms with E-state index in [9.17, 15) is 18.7 Å². The Morgan fingerprint density at radius 3 is 2.58 bits per heavy atom. The highest BCUT2D eigenvalue weighted by molar-refractivity contribution is 5.82. The van der Waals surface area contributed by atoms with Crippen molar-refractivity contribution in [3.8, 4) is 22.8 Å². The number of aromatic hydroxyl groups is 1. The number of phenolic OH excluding ortho intramolecular Hbond substituents is 1. The molecule has 2 N–H and O–H groups in total. The molecule has 0 spiro atoms. The molecule has 0 aliphatic carbocycles. The number of hydrogen-bond donors (Lipinski definition) is 2. The van der Waals surface area contributed by atoms with E-state index < -0.39 is 17.3 Å². The van der Waals surface area contributed by atoms with Gasteiger partial charge in [-0.3, -0.25) is 0 Å². The molecular formula is C25H20F2N4O2. The van der Waals surface area contributed by atoms with E-state index in [4.69, 9.17) is 0 Å². The number of benzene rings is 3. The third-order valence-corrected chi connectivity index (χ3v) is 5.83. The lowest BCUT2D eigenvalue weighted by atomic mass is 10.0. The van der Waals surface area contributed by atoms with Crippen LogP contribution in [-0.4, -0.2) is 24.4 Å². The van der Waals surface area contributed by atoms with Gasteiger partial charge in [0.2, 0.25) is 0 Å². The minimum absolute atomic E-state index is 0.0139. The van der Waals surface area contributed by atoms with Gasteiger partial charge in [0.25, 0.3) is 0 Å². The van der Waals surface area contributed by atoms with Crippen LogP contribution in [0.2, 0.25) is 0 Å². The first-order valence-electron chi connectivity index (χ1n) is 10.4. The van der Waals surface area contributed by atoms with E-state index in [0.29, 0.717) is 17.7 Å². The predicted molar refractivity (Wildman–Crippen MR) is 122 cm³/mol. The first kappa shape index (κ1) is 20.7. The summed E-state index contributed by atoms with van der Waals surface area (Å²) in [6.07, 6.45) is 2.43. The van der Waals surface area contributed by atoms with E-state index in [1.165, 1.54) is 28.8 Å². The Hall–Kier alpha value is -4.20. The summed E-state index contributed by atoms with van der Waals surface area (Å²) >= 11 is 0. The summed E-state index contributed by atoms with van der Waals surface area (Å²) in [5.41, 5.74) is 2.26. The lowest BCUT2D eigenvalue weighted by Gasteiger charge is -2.10. The summed E-state index contributed by atoms with van der Waals surface area (Å²) in [6.45, 7) is 0. The molecule has 3 aromatic carbocycles. The average Bonchev–Trinajstić information content (AvgIpc) is 3.36. The number of aryl methyl sites for hydroxylation is 2. The molecule has 0 amide bonds. The number of nitrogens with one attached hydrogen (secondary N) is 1. The third-order valence-electron chi connectivity index (χ3n) is 5.83. The fourth-order valence-electron chi connectivity index (χ4n) is 4.08. The topological polar surface area (TPSA) is 75.8 Å². The SMILES string of the molecule is Cn1ccc2cc(-n3c(-c4cc(CCc5c(F)cccc5F)ccc4O)n[nH]c3=O)ccc21. The second kappa shape index (κ2) is 8.05. The quantitative estimate of drug-likeness (QED) is 0.418. The molecular weight excluding hydrogens is 426 g/mol. The zero-order valence-electron chi connectivity index (χ0n) is 17.7. The second-order valence-corrected chi connectivity index (χ2v) is 7.91. The van der Waals surface area contributed by atoms with Crippen LogP contribution in [0.3, 0.4) is 0 Å². The van der Waals surface area contributed by atoms with E-state index in [-0.39, 0.29) is 23.6 Å². The Balaban J connectivity index is 1.53. The van der Waals surface area contributed by atoms with Crippen LogP contribution < -0.4 is 5.69 Å². The van der Waals surface area contributed by atoms with E-state index in [1.54, 1.807) is 12.1 Å². The van der Waals surface area contributed by atoms with E-state index in [0.717, 1.165) is 16.5 Å². The van der Waals surface area contributed by atoms with E-state index >= 15 is 0 Å². The van der Waals surface area contributed by atoms with Crippen molar-refractivity contribution in [3.05, 3.63) is 100 Å². The van der Waals surface area contributed by atoms with Crippen molar-refractivity contribution in [2.45, 2.75) is 12.8 Å². The van der Waals surface area contributed by atoms with Crippen LogP contribution in [0.4, 0.5) is 8.78 Å². The second-order valence-electron chi connectivity index (χ2n) is 7.91. The summed E-state index contributed by atoms with van der Waals surface area (Å²) in [5.74, 6) is -0.999. The highest BCUT2D eigenvalue weighted by Gasteiger charge is 2.18. The number of H-pyrrole nitrogens is 1. The Kier molecular flexibility index (Phi) is 5.05. The largest absolute Gasteiger partial charge is 0.507 e. The molecule has 0 saturated heterocycles. The van der Waals surface area contributed by atoms with Crippen LogP contribution >= 0.6 is 0 Å². The molecule has 33 heavy (non-hydrogen) atoms. The number of halogens is 2. The van der Waals surface area contributed by atoms with Gasteiger partial charge in [0.1, 0.15) is 17.4 Å². The van der Waals surface area contributed by atoms with Gasteiger partial charge in [0.05, 0.1) is 11.3 Å². The lowest BCUT2D eigenvalue weighted by molar-refractivity contribution is 0.476. The number of aromatic nitrogens is 4. The van der Waals surface area contributed by atoms with Gasteiger partial charge in [-0.05, 0) is 66.9 Å². The Bertz CT molecular complexity index is 1530. The Morgan fingerprint density at radius 1 is 1.00 bits per heavy atom. The van der Waals surface area contributed by atoms with Crippen molar-refractivity contribution in [1.29, 1.82) is 0 Å². The summed E-state index contributed by atoms with van der Waals surface area (Å²) in [4.78, 5) is 12.6. The number of rotatable bonds is 5. The summed E-state index contributed by atoms with van der Waals surface area (Å²) in [5, 5.41) is 18.1. The van der Waals surface area contributed by atoms with Crippen molar-refractivity contribution in [3.63, 3.8) is 0 Å². The van der Waals surface area contributed by atoms with Crippen molar-refractivity contribution in [1.82, 2.24) is 19.3 Å². The lowest BCUT2D eigenvalue weighted by Crippen LogP contribution is -2.15. The van der Waals surface area contributed by atoms with E-state index in [2.05, 4.69) is 10.2 Å². The van der Waals surface area contributed by atoms with Gasteiger partial charge >= 0.3 is 5.69 Å². The van der Waals surface area contributed by atoms with Crippen molar-refractivity contribution in [2.24, 2.45) is 7.05 Å². The van der Waals surface area contributed by atoms with Gasteiger partial charge in [-0.25, -0.2) is 23.2 Å². The molecule has 0 bridgehead atoms. The van der Waals surface area contributed by atoms with Gasteiger partial charge in [0.15, 0.2) is 5.82 Å². The van der Waals surface area contributed by atoms with Gasteiger partial charge < -0.3 is 9.67 Å². The smallest absolute Gasteiger partial charge is 0.348 e. The molecule has 0 unspecified atom stereocenters. The summed E-state index contributed by atoms with van der Waals surface area (Å²) in [6, 6.07) is 16.2. The number of hydrogen-bond acceptors (Lipinski definition) is 3. The Labute approximate surface area is 187 Å². The standard InChI is InChI=1S/C25H20F2N4O2/c1-30-12-11-16-14-17(7-9-22(16)30)31-24(28-29-25(31)33)19-13-15(6-10-23(19)32)5-8-18-20(26)3-2-4-21(18)27/h2-4,6-7,9-14,32H,5,8H2,1H3,(H,29,33). The van der Waals surface area contributed by atoms with Gasteiger partial charge in [-0.1, -0.05) is 12.1 Å². The molecule has 8 heteroatoms. The highest BCUT2D eigenvalue weighted by Crippen LogP contribution is 2.30. The molecule has 2 heterocycles. The van der Waals surface area contributed by atoms with Crippen molar-refractivity contribution in [2.75, 3.05) is 0 Å². The van der Waals surface area contributed by atoms with Gasteiger partial charge in [-0.15, -0.1) is 0 Å². The molecule has 0 aliphatic rings. The normalized spacial score (nSPS) is 11.4. The minimum atomic E-state index is -0.591. The monoisotopic (exact) mass is 446 g/mol. The molecule has 0 saturated carbocycles. The zero-order valence-corrected chi connectivity index (χ0v) is 17.7. The van der Waals surface area contributed by atoms with Gasteiger partial charge in [0, 0.05) is 29.7 Å². The fourth-order valence-corrected chi connectivity index (χ4v) is 4.08. The number of fused-ring (bicyclic) bond motifs is 1. The molecule has 166 valence electrons.